The molecule has 152 valence electrons. The van der Waals surface area contributed by atoms with Crippen LogP contribution >= 0.6 is 24.8 Å². The molecule has 3 heterocycles. The number of nitrogens with zero attached hydrogens (tertiary/aromatic N) is 2. The number of aromatic nitrogens is 1. The summed E-state index contributed by atoms with van der Waals surface area (Å²) in [5.41, 5.74) is 6.65. The van der Waals surface area contributed by atoms with Crippen molar-refractivity contribution >= 4 is 42.4 Å². The fraction of sp³-hybridized carbons (Fsp3) is 0.611. The second-order valence-corrected chi connectivity index (χ2v) is 6.89. The number of nitrogens with one attached hydrogen (secondary N) is 1. The van der Waals surface area contributed by atoms with Crippen LogP contribution < -0.4 is 11.1 Å². The minimum atomic E-state index is -0.408. The quantitative estimate of drug-likeness (QED) is 0.777. The molecule has 0 spiro atoms. The summed E-state index contributed by atoms with van der Waals surface area (Å²) in [6, 6.07) is 3.70. The zero-order valence-electron chi connectivity index (χ0n) is 15.4. The van der Waals surface area contributed by atoms with Gasteiger partial charge in [0, 0.05) is 25.8 Å². The van der Waals surface area contributed by atoms with Crippen molar-refractivity contribution in [2.75, 3.05) is 25.0 Å². The highest BCUT2D eigenvalue weighted by Gasteiger charge is 2.36. The Bertz CT molecular complexity index is 630. The number of halogens is 2. The van der Waals surface area contributed by atoms with Crippen LogP contribution in [-0.4, -0.2) is 53.5 Å². The molecule has 2 amide bonds. The summed E-state index contributed by atoms with van der Waals surface area (Å²) in [4.78, 5) is 31.1. The van der Waals surface area contributed by atoms with Gasteiger partial charge < -0.3 is 20.7 Å². The molecule has 1 unspecified atom stereocenters. The number of ether oxygens (including phenoxy) is 1. The minimum Gasteiger partial charge on any atom is -0.364 e. The highest BCUT2D eigenvalue weighted by atomic mass is 35.5. The Morgan fingerprint density at radius 2 is 2.07 bits per heavy atom. The average Bonchev–Trinajstić information content (AvgIpc) is 3.12. The zero-order valence-corrected chi connectivity index (χ0v) is 17.1. The van der Waals surface area contributed by atoms with E-state index >= 15 is 0 Å². The number of likely N-dealkylation sites (tertiary alicyclic amines) is 1. The van der Waals surface area contributed by atoms with Crippen molar-refractivity contribution in [3.8, 4) is 0 Å². The maximum Gasteiger partial charge on any atom is 0.251 e. The van der Waals surface area contributed by atoms with Crippen LogP contribution in [-0.2, 0) is 14.3 Å². The molecule has 2 aliphatic rings. The number of carbonyl (C=O) groups is 2. The average molecular weight is 419 g/mol. The fourth-order valence-electron chi connectivity index (χ4n) is 3.43. The zero-order chi connectivity index (χ0) is 17.8. The third-order valence-electron chi connectivity index (χ3n) is 4.91. The summed E-state index contributed by atoms with van der Waals surface area (Å²) in [7, 11) is 0. The lowest BCUT2D eigenvalue weighted by atomic mass is 9.96. The number of hydrogen-bond donors (Lipinski definition) is 2. The van der Waals surface area contributed by atoms with Crippen LogP contribution in [0.2, 0.25) is 0 Å². The lowest BCUT2D eigenvalue weighted by Crippen LogP contribution is -2.47. The lowest BCUT2D eigenvalue weighted by Gasteiger charge is -2.33. The number of pyridine rings is 1. The summed E-state index contributed by atoms with van der Waals surface area (Å²) < 4.78 is 5.70. The molecule has 2 fully saturated rings. The van der Waals surface area contributed by atoms with Crippen molar-refractivity contribution in [2.24, 2.45) is 11.7 Å². The molecule has 2 aliphatic heterocycles. The van der Waals surface area contributed by atoms with Crippen molar-refractivity contribution < 1.29 is 14.3 Å². The molecule has 27 heavy (non-hydrogen) atoms. The largest absolute Gasteiger partial charge is 0.364 e. The number of hydrogen-bond acceptors (Lipinski definition) is 5. The number of rotatable bonds is 4. The summed E-state index contributed by atoms with van der Waals surface area (Å²) >= 11 is 0. The molecule has 0 radical (unpaired) electrons. The maximum absolute atomic E-state index is 12.6. The first-order valence-electron chi connectivity index (χ1n) is 8.94. The number of piperidine rings is 1. The predicted octanol–water partition coefficient (Wildman–Crippen LogP) is 1.92. The summed E-state index contributed by atoms with van der Waals surface area (Å²) in [5, 5.41) is 2.85. The smallest absolute Gasteiger partial charge is 0.251 e. The Balaban J connectivity index is 0.00000182. The standard InChI is InChI=1S/C18H26N4O3.2ClH/c1-12-4-7-16(20-10-12)21-17(23)13-3-2-8-22(11-13)18(24)15-6-5-14(9-19)25-15;;/h4,7,10,13-15H,2-3,5-6,8-9,11,19H2,1H3,(H,20,21,23);2*1H/t13?,14-,15+;;/m1../s1. The van der Waals surface area contributed by atoms with Gasteiger partial charge in [-0.1, -0.05) is 6.07 Å². The number of anilines is 1. The summed E-state index contributed by atoms with van der Waals surface area (Å²) in [6.45, 7) is 3.50. The summed E-state index contributed by atoms with van der Waals surface area (Å²) in [5.74, 6) is 0.236. The van der Waals surface area contributed by atoms with Gasteiger partial charge in [0.15, 0.2) is 0 Å². The molecule has 2 saturated heterocycles. The van der Waals surface area contributed by atoms with Gasteiger partial charge in [-0.15, -0.1) is 24.8 Å². The van der Waals surface area contributed by atoms with E-state index in [1.807, 2.05) is 13.0 Å². The number of amides is 2. The number of carbonyl (C=O) groups excluding carboxylic acids is 2. The molecule has 3 atom stereocenters. The highest BCUT2D eigenvalue weighted by molar-refractivity contribution is 5.92. The van der Waals surface area contributed by atoms with Gasteiger partial charge in [-0.05, 0) is 44.2 Å². The van der Waals surface area contributed by atoms with Crippen LogP contribution in [0.3, 0.4) is 0 Å². The SMILES string of the molecule is Cc1ccc(NC(=O)C2CCCN(C(=O)[C@@H]3CC[C@H](CN)O3)C2)nc1.Cl.Cl. The maximum atomic E-state index is 12.6. The first-order chi connectivity index (χ1) is 12.1. The van der Waals surface area contributed by atoms with E-state index in [0.717, 1.165) is 24.8 Å². The highest BCUT2D eigenvalue weighted by Crippen LogP contribution is 2.24. The van der Waals surface area contributed by atoms with Crippen LogP contribution in [0, 0.1) is 12.8 Å². The van der Waals surface area contributed by atoms with Gasteiger partial charge in [-0.3, -0.25) is 9.59 Å². The second-order valence-electron chi connectivity index (χ2n) is 6.89. The van der Waals surface area contributed by atoms with E-state index in [4.69, 9.17) is 10.5 Å². The Morgan fingerprint density at radius 3 is 2.70 bits per heavy atom. The molecule has 3 rings (SSSR count). The molecule has 0 aliphatic carbocycles. The van der Waals surface area contributed by atoms with Crippen molar-refractivity contribution in [3.05, 3.63) is 23.9 Å². The molecule has 3 N–H and O–H groups in total. The van der Waals surface area contributed by atoms with Crippen LogP contribution in [0.15, 0.2) is 18.3 Å². The second kappa shape index (κ2) is 10.8. The van der Waals surface area contributed by atoms with Gasteiger partial charge in [-0.2, -0.15) is 0 Å². The first kappa shape index (κ1) is 23.6. The van der Waals surface area contributed by atoms with Gasteiger partial charge in [-0.25, -0.2) is 4.98 Å². The Hall–Kier alpha value is -1.41. The van der Waals surface area contributed by atoms with E-state index in [0.29, 0.717) is 31.9 Å². The molecule has 0 aromatic carbocycles. The van der Waals surface area contributed by atoms with Crippen molar-refractivity contribution in [3.63, 3.8) is 0 Å². The topological polar surface area (TPSA) is 97.6 Å². The van der Waals surface area contributed by atoms with E-state index < -0.39 is 6.10 Å². The minimum absolute atomic E-state index is 0. The molecular weight excluding hydrogens is 391 g/mol. The van der Waals surface area contributed by atoms with E-state index in [1.165, 1.54) is 0 Å². The third kappa shape index (κ3) is 6.04. The predicted molar refractivity (Wildman–Crippen MR) is 108 cm³/mol. The van der Waals surface area contributed by atoms with Gasteiger partial charge in [0.2, 0.25) is 5.91 Å². The lowest BCUT2D eigenvalue weighted by molar-refractivity contribution is -0.145. The van der Waals surface area contributed by atoms with Gasteiger partial charge in [0.05, 0.1) is 12.0 Å². The van der Waals surface area contributed by atoms with Crippen molar-refractivity contribution in [1.82, 2.24) is 9.88 Å². The Morgan fingerprint density at radius 1 is 1.30 bits per heavy atom. The molecule has 7 nitrogen and oxygen atoms in total. The normalized spacial score (nSPS) is 24.5. The Kier molecular flexibility index (Phi) is 9.45. The van der Waals surface area contributed by atoms with E-state index in [1.54, 1.807) is 17.2 Å². The fourth-order valence-corrected chi connectivity index (χ4v) is 3.43. The van der Waals surface area contributed by atoms with Crippen molar-refractivity contribution in [2.45, 2.75) is 44.8 Å². The van der Waals surface area contributed by atoms with Crippen LogP contribution in [0.25, 0.3) is 0 Å². The van der Waals surface area contributed by atoms with Crippen LogP contribution in [0.5, 0.6) is 0 Å². The molecular formula is C18H28Cl2N4O3. The Labute approximate surface area is 172 Å². The van der Waals surface area contributed by atoms with E-state index in [-0.39, 0.29) is 48.7 Å². The number of nitrogens with two attached hydrogens (primary N) is 1. The van der Waals surface area contributed by atoms with Crippen LogP contribution in [0.4, 0.5) is 5.82 Å². The van der Waals surface area contributed by atoms with Crippen LogP contribution in [0.1, 0.15) is 31.2 Å². The number of aryl methyl sites for hydroxylation is 1. The molecule has 1 aromatic rings. The molecule has 0 bridgehead atoms. The third-order valence-corrected chi connectivity index (χ3v) is 4.91. The van der Waals surface area contributed by atoms with E-state index in [2.05, 4.69) is 10.3 Å². The van der Waals surface area contributed by atoms with Gasteiger partial charge >= 0.3 is 0 Å². The first-order valence-corrected chi connectivity index (χ1v) is 8.94. The molecule has 0 saturated carbocycles. The van der Waals surface area contributed by atoms with Crippen molar-refractivity contribution in [1.29, 1.82) is 0 Å². The summed E-state index contributed by atoms with van der Waals surface area (Å²) in [6.07, 6.45) is 4.42. The van der Waals surface area contributed by atoms with E-state index in [9.17, 15) is 9.59 Å². The monoisotopic (exact) mass is 418 g/mol. The molecule has 1 aromatic heterocycles. The van der Waals surface area contributed by atoms with Gasteiger partial charge in [0.25, 0.3) is 5.91 Å². The molecule has 9 heteroatoms. The van der Waals surface area contributed by atoms with Gasteiger partial charge in [0.1, 0.15) is 11.9 Å².